The molecule has 0 unspecified atom stereocenters. The second-order valence-corrected chi connectivity index (χ2v) is 8.89. The van der Waals surface area contributed by atoms with Crippen molar-refractivity contribution < 1.29 is 8.42 Å². The number of sulfonamides is 1. The first-order valence-electron chi connectivity index (χ1n) is 7.83. The molecule has 1 heterocycles. The highest BCUT2D eigenvalue weighted by Crippen LogP contribution is 2.15. The Labute approximate surface area is 176 Å². The molecule has 2 aromatic rings. The van der Waals surface area contributed by atoms with Crippen molar-refractivity contribution in [2.24, 2.45) is 4.99 Å². The van der Waals surface area contributed by atoms with Crippen LogP contribution < -0.4 is 10.6 Å². The minimum absolute atomic E-state index is 0. The molecule has 0 bridgehead atoms. The van der Waals surface area contributed by atoms with E-state index < -0.39 is 10.0 Å². The molecule has 0 aliphatic carbocycles. The highest BCUT2D eigenvalue weighted by molar-refractivity contribution is 14.0. The summed E-state index contributed by atoms with van der Waals surface area (Å²) in [4.78, 5) is 5.78. The summed E-state index contributed by atoms with van der Waals surface area (Å²) in [5.74, 6) is 0.706. The third kappa shape index (κ3) is 5.93. The number of thiophene rings is 1. The Bertz CT molecular complexity index is 831. The zero-order chi connectivity index (χ0) is 18.4. The average Bonchev–Trinajstić information content (AvgIpc) is 3.00. The van der Waals surface area contributed by atoms with Crippen LogP contribution in [-0.2, 0) is 23.1 Å². The molecule has 144 valence electrons. The summed E-state index contributed by atoms with van der Waals surface area (Å²) in [5, 5.41) is 8.59. The van der Waals surface area contributed by atoms with E-state index in [1.807, 2.05) is 0 Å². The van der Waals surface area contributed by atoms with Gasteiger partial charge in [0.25, 0.3) is 0 Å². The van der Waals surface area contributed by atoms with Crippen molar-refractivity contribution in [1.29, 1.82) is 0 Å². The fourth-order valence-electron chi connectivity index (χ4n) is 2.15. The van der Waals surface area contributed by atoms with Gasteiger partial charge in [0.1, 0.15) is 0 Å². The standard InChI is InChI=1S/C17H24N4O2S2.HI/c1-13-9-10-24-16(13)12-20-17(18-2)19-11-14-5-7-15(8-6-14)25(22,23)21(3)4;/h5-10H,11-12H2,1-4H3,(H2,18,19,20);1H. The van der Waals surface area contributed by atoms with Gasteiger partial charge in [-0.3, -0.25) is 4.99 Å². The van der Waals surface area contributed by atoms with Gasteiger partial charge in [0.2, 0.25) is 10.0 Å². The normalized spacial score (nSPS) is 12.0. The molecule has 0 aliphatic heterocycles. The van der Waals surface area contributed by atoms with Crippen LogP contribution in [0.25, 0.3) is 0 Å². The van der Waals surface area contributed by atoms with Gasteiger partial charge >= 0.3 is 0 Å². The van der Waals surface area contributed by atoms with E-state index in [1.54, 1.807) is 42.6 Å². The molecular weight excluding hydrogens is 483 g/mol. The molecule has 0 saturated carbocycles. The van der Waals surface area contributed by atoms with E-state index in [-0.39, 0.29) is 28.9 Å². The quantitative estimate of drug-likeness (QED) is 0.358. The maximum Gasteiger partial charge on any atom is 0.242 e. The summed E-state index contributed by atoms with van der Waals surface area (Å²) >= 11 is 1.72. The topological polar surface area (TPSA) is 73.8 Å². The first kappa shape index (κ1) is 22.9. The number of rotatable bonds is 6. The summed E-state index contributed by atoms with van der Waals surface area (Å²) < 4.78 is 25.3. The van der Waals surface area contributed by atoms with Crippen LogP contribution in [0.2, 0.25) is 0 Å². The van der Waals surface area contributed by atoms with Crippen molar-refractivity contribution >= 4 is 51.3 Å². The lowest BCUT2D eigenvalue weighted by atomic mass is 10.2. The Hall–Kier alpha value is -1.17. The van der Waals surface area contributed by atoms with Crippen LogP contribution in [0.3, 0.4) is 0 Å². The van der Waals surface area contributed by atoms with Gasteiger partial charge in [-0.1, -0.05) is 12.1 Å². The zero-order valence-electron chi connectivity index (χ0n) is 15.3. The van der Waals surface area contributed by atoms with Crippen molar-refractivity contribution in [1.82, 2.24) is 14.9 Å². The summed E-state index contributed by atoms with van der Waals surface area (Å²) in [6.45, 7) is 3.38. The minimum Gasteiger partial charge on any atom is -0.352 e. The minimum atomic E-state index is -3.39. The van der Waals surface area contributed by atoms with Crippen molar-refractivity contribution in [2.75, 3.05) is 21.1 Å². The monoisotopic (exact) mass is 508 g/mol. The molecular formula is C17H25IN4O2S2. The smallest absolute Gasteiger partial charge is 0.242 e. The van der Waals surface area contributed by atoms with Crippen LogP contribution in [0, 0.1) is 6.92 Å². The van der Waals surface area contributed by atoms with Crippen LogP contribution in [0.15, 0.2) is 45.6 Å². The van der Waals surface area contributed by atoms with E-state index in [9.17, 15) is 8.42 Å². The Morgan fingerprint density at radius 1 is 1.12 bits per heavy atom. The predicted octanol–water partition coefficient (Wildman–Crippen LogP) is 2.79. The van der Waals surface area contributed by atoms with Crippen LogP contribution >= 0.6 is 35.3 Å². The Morgan fingerprint density at radius 2 is 1.73 bits per heavy atom. The molecule has 0 fully saturated rings. The third-order valence-electron chi connectivity index (χ3n) is 3.77. The van der Waals surface area contributed by atoms with E-state index in [2.05, 4.69) is 34.0 Å². The van der Waals surface area contributed by atoms with Gasteiger partial charge in [0, 0.05) is 32.6 Å². The number of nitrogens with one attached hydrogen (secondary N) is 2. The van der Waals surface area contributed by atoms with E-state index in [1.165, 1.54) is 28.8 Å². The molecule has 2 rings (SSSR count). The number of nitrogens with zero attached hydrogens (tertiary/aromatic N) is 2. The molecule has 0 saturated heterocycles. The molecule has 0 radical (unpaired) electrons. The van der Waals surface area contributed by atoms with Gasteiger partial charge in [-0.05, 0) is 41.6 Å². The Balaban J connectivity index is 0.00000338. The first-order chi connectivity index (χ1) is 11.8. The van der Waals surface area contributed by atoms with E-state index in [4.69, 9.17) is 0 Å². The number of hydrogen-bond donors (Lipinski definition) is 2. The van der Waals surface area contributed by atoms with E-state index in [0.29, 0.717) is 12.5 Å². The third-order valence-corrected chi connectivity index (χ3v) is 6.62. The second kappa shape index (κ2) is 10.2. The molecule has 0 atom stereocenters. The van der Waals surface area contributed by atoms with E-state index >= 15 is 0 Å². The van der Waals surface area contributed by atoms with Gasteiger partial charge in [-0.2, -0.15) is 0 Å². The molecule has 0 aliphatic rings. The predicted molar refractivity (Wildman–Crippen MR) is 119 cm³/mol. The number of aliphatic imine (C=N–C) groups is 1. The summed E-state index contributed by atoms with van der Waals surface area (Å²) in [6, 6.07) is 8.95. The molecule has 2 N–H and O–H groups in total. The van der Waals surface area contributed by atoms with Crippen molar-refractivity contribution in [3.8, 4) is 0 Å². The van der Waals surface area contributed by atoms with E-state index in [0.717, 1.165) is 12.1 Å². The first-order valence-corrected chi connectivity index (χ1v) is 10.2. The van der Waals surface area contributed by atoms with Crippen LogP contribution in [-0.4, -0.2) is 39.8 Å². The molecule has 0 spiro atoms. The molecule has 9 heteroatoms. The van der Waals surface area contributed by atoms with Gasteiger partial charge in [-0.25, -0.2) is 12.7 Å². The van der Waals surface area contributed by atoms with Crippen LogP contribution in [0.1, 0.15) is 16.0 Å². The number of benzene rings is 1. The van der Waals surface area contributed by atoms with Crippen LogP contribution in [0.4, 0.5) is 0 Å². The number of halogens is 1. The molecule has 6 nitrogen and oxygen atoms in total. The maximum atomic E-state index is 12.1. The highest BCUT2D eigenvalue weighted by atomic mass is 127. The highest BCUT2D eigenvalue weighted by Gasteiger charge is 2.16. The lowest BCUT2D eigenvalue weighted by molar-refractivity contribution is 0.520. The lowest BCUT2D eigenvalue weighted by Gasteiger charge is -2.13. The summed E-state index contributed by atoms with van der Waals surface area (Å²) in [6.07, 6.45) is 0. The number of hydrogen-bond acceptors (Lipinski definition) is 4. The Kier molecular flexibility index (Phi) is 9.01. The summed E-state index contributed by atoms with van der Waals surface area (Å²) in [7, 11) is 1.38. The molecule has 1 aromatic carbocycles. The van der Waals surface area contributed by atoms with Crippen molar-refractivity contribution in [3.05, 3.63) is 51.7 Å². The summed E-state index contributed by atoms with van der Waals surface area (Å²) in [5.41, 5.74) is 2.25. The molecule has 1 aromatic heterocycles. The fourth-order valence-corrected chi connectivity index (χ4v) is 3.89. The van der Waals surface area contributed by atoms with Crippen LogP contribution in [0.5, 0.6) is 0 Å². The van der Waals surface area contributed by atoms with Gasteiger partial charge in [0.05, 0.1) is 11.4 Å². The van der Waals surface area contributed by atoms with Gasteiger partial charge < -0.3 is 10.6 Å². The largest absolute Gasteiger partial charge is 0.352 e. The molecule has 0 amide bonds. The Morgan fingerprint density at radius 3 is 2.23 bits per heavy atom. The second-order valence-electron chi connectivity index (χ2n) is 5.74. The van der Waals surface area contributed by atoms with Crippen molar-refractivity contribution in [2.45, 2.75) is 24.9 Å². The average molecular weight is 508 g/mol. The zero-order valence-corrected chi connectivity index (χ0v) is 19.3. The molecule has 26 heavy (non-hydrogen) atoms. The van der Waals surface area contributed by atoms with Crippen molar-refractivity contribution in [3.63, 3.8) is 0 Å². The number of guanidine groups is 1. The van der Waals surface area contributed by atoms with Gasteiger partial charge in [-0.15, -0.1) is 35.3 Å². The lowest BCUT2D eigenvalue weighted by Crippen LogP contribution is -2.36. The maximum absolute atomic E-state index is 12.1. The van der Waals surface area contributed by atoms with Gasteiger partial charge in [0.15, 0.2) is 5.96 Å². The fraction of sp³-hybridized carbons (Fsp3) is 0.353. The number of aryl methyl sites for hydroxylation is 1. The SMILES string of the molecule is CN=C(NCc1ccc(S(=O)(=O)N(C)C)cc1)NCc1sccc1C.I.